The minimum Gasteiger partial charge on any atom is -0.504 e. The molecule has 0 saturated carbocycles. The summed E-state index contributed by atoms with van der Waals surface area (Å²) in [6, 6.07) is 31.0. The monoisotopic (exact) mass is 632 g/mol. The Bertz CT molecular complexity index is 2170. The van der Waals surface area contributed by atoms with Crippen LogP contribution in [0.3, 0.4) is 0 Å². The van der Waals surface area contributed by atoms with Crippen molar-refractivity contribution in [1.29, 1.82) is 0 Å². The molecule has 9 nitrogen and oxygen atoms in total. The van der Waals surface area contributed by atoms with Crippen LogP contribution in [0.5, 0.6) is 28.7 Å². The topological polar surface area (TPSA) is 145 Å². The highest BCUT2D eigenvalue weighted by atomic mass is 79.9. The third-order valence-corrected chi connectivity index (χ3v) is 7.95. The summed E-state index contributed by atoms with van der Waals surface area (Å²) >= 11 is 3.66. The minimum absolute atomic E-state index is 0.149. The van der Waals surface area contributed by atoms with E-state index in [-0.39, 0.29) is 17.6 Å². The van der Waals surface area contributed by atoms with Gasteiger partial charge in [0.2, 0.25) is 23.2 Å². The van der Waals surface area contributed by atoms with Gasteiger partial charge in [-0.3, -0.25) is 4.57 Å². The van der Waals surface area contributed by atoms with Crippen LogP contribution in [0.4, 0.5) is 0 Å². The number of fused-ring (bicyclic) bond motifs is 3. The van der Waals surface area contributed by atoms with E-state index in [2.05, 4.69) is 25.9 Å². The molecule has 7 aromatic rings. The fraction of sp³-hybridized carbons (Fsp3) is 0. The summed E-state index contributed by atoms with van der Waals surface area (Å²) in [5.74, 6) is -4.83. The summed E-state index contributed by atoms with van der Waals surface area (Å²) < 4.78 is 2.61. The number of hydrogen-bond donors (Lipinski definition) is 5. The number of benzene rings is 5. The first kappa shape index (κ1) is 26.3. The van der Waals surface area contributed by atoms with E-state index in [1.54, 1.807) is 0 Å². The van der Waals surface area contributed by atoms with Gasteiger partial charge in [-0.15, -0.1) is 0 Å². The van der Waals surface area contributed by atoms with Gasteiger partial charge < -0.3 is 25.5 Å². The van der Waals surface area contributed by atoms with Crippen molar-refractivity contribution in [2.75, 3.05) is 0 Å². The van der Waals surface area contributed by atoms with E-state index in [0.29, 0.717) is 5.56 Å². The van der Waals surface area contributed by atoms with E-state index < -0.39 is 34.3 Å². The number of aromatic hydroxyl groups is 5. The van der Waals surface area contributed by atoms with Crippen LogP contribution in [-0.4, -0.2) is 45.1 Å². The zero-order valence-corrected chi connectivity index (χ0v) is 23.7. The van der Waals surface area contributed by atoms with Crippen molar-refractivity contribution in [2.24, 2.45) is 0 Å². The molecule has 7 rings (SSSR count). The fourth-order valence-corrected chi connectivity index (χ4v) is 5.77. The minimum atomic E-state index is -1.07. The molecule has 5 aromatic carbocycles. The van der Waals surface area contributed by atoms with Crippen LogP contribution in [0.2, 0.25) is 0 Å². The average molecular weight is 633 g/mol. The Morgan fingerprint density at radius 2 is 1.05 bits per heavy atom. The second-order valence-corrected chi connectivity index (χ2v) is 10.7. The first-order chi connectivity index (χ1) is 20.8. The fourth-order valence-electron chi connectivity index (χ4n) is 5.23. The number of rotatable bonds is 4. The van der Waals surface area contributed by atoms with Gasteiger partial charge in [-0.1, -0.05) is 84.9 Å². The van der Waals surface area contributed by atoms with Crippen molar-refractivity contribution < 1.29 is 25.5 Å². The maximum atomic E-state index is 10.8. The summed E-state index contributed by atoms with van der Waals surface area (Å²) in [5.41, 5.74) is 3.71. The maximum absolute atomic E-state index is 10.8. The lowest BCUT2D eigenvalue weighted by Gasteiger charge is -2.14. The highest BCUT2D eigenvalue weighted by molar-refractivity contribution is 9.10. The standard InChI is InChI=1S/C33H21BrN4O5/c34-22-11-6-10-21-20-9-4-5-12-23(20)38(25(21)22)33-36-31(19-15-13-18(14-16-19)17-7-2-1-3-8-17)35-32(37-33)24-26(39)28(41)30(43)29(42)27(24)40/h1-16,39-43H. The van der Waals surface area contributed by atoms with Crippen LogP contribution in [0, 0.1) is 0 Å². The number of halogens is 1. The number of aromatic nitrogens is 4. The molecule has 210 valence electrons. The third-order valence-electron chi connectivity index (χ3n) is 7.31. The molecule has 0 fully saturated rings. The molecule has 0 radical (unpaired) electrons. The molecule has 43 heavy (non-hydrogen) atoms. The van der Waals surface area contributed by atoms with Crippen LogP contribution >= 0.6 is 15.9 Å². The Kier molecular flexibility index (Phi) is 6.14. The Morgan fingerprint density at radius 3 is 1.77 bits per heavy atom. The zero-order valence-electron chi connectivity index (χ0n) is 22.1. The van der Waals surface area contributed by atoms with Gasteiger partial charge in [0.05, 0.1) is 11.0 Å². The molecule has 10 heteroatoms. The van der Waals surface area contributed by atoms with Crippen LogP contribution in [0.15, 0.2) is 102 Å². The largest absolute Gasteiger partial charge is 0.504 e. The molecule has 0 saturated heterocycles. The van der Waals surface area contributed by atoms with Crippen LogP contribution in [-0.2, 0) is 0 Å². The van der Waals surface area contributed by atoms with Crippen molar-refractivity contribution in [3.05, 3.63) is 102 Å². The van der Waals surface area contributed by atoms with E-state index >= 15 is 0 Å². The Balaban J connectivity index is 1.53. The molecule has 2 aromatic heterocycles. The third kappa shape index (κ3) is 4.19. The summed E-state index contributed by atoms with van der Waals surface area (Å²) in [7, 11) is 0. The predicted molar refractivity (Wildman–Crippen MR) is 166 cm³/mol. The first-order valence-corrected chi connectivity index (χ1v) is 13.9. The molecule has 0 aliphatic rings. The maximum Gasteiger partial charge on any atom is 0.238 e. The average Bonchev–Trinajstić information content (AvgIpc) is 3.39. The summed E-state index contributed by atoms with van der Waals surface area (Å²) in [6.07, 6.45) is 0. The lowest BCUT2D eigenvalue weighted by molar-refractivity contribution is 0.329. The first-order valence-electron chi connectivity index (χ1n) is 13.1. The van der Waals surface area contributed by atoms with Crippen LogP contribution in [0.1, 0.15) is 0 Å². The molecule has 0 spiro atoms. The molecule has 0 atom stereocenters. The SMILES string of the molecule is Oc1c(O)c(O)c(-c2nc(-c3ccc(-c4ccccc4)cc3)nc(-n3c4ccccc4c4cccc(Br)c43)n2)c(O)c1O. The van der Waals surface area contributed by atoms with Crippen molar-refractivity contribution in [3.8, 4) is 68.6 Å². The quantitative estimate of drug-likeness (QED) is 0.101. The molecule has 2 heterocycles. The number of hydrogen-bond acceptors (Lipinski definition) is 8. The van der Waals surface area contributed by atoms with E-state index in [1.807, 2.05) is 102 Å². The van der Waals surface area contributed by atoms with Gasteiger partial charge in [0.25, 0.3) is 0 Å². The lowest BCUT2D eigenvalue weighted by atomic mass is 10.0. The Labute approximate surface area is 252 Å². The molecule has 0 aliphatic heterocycles. The predicted octanol–water partition coefficient (Wildman–Crippen LogP) is 7.26. The van der Waals surface area contributed by atoms with Gasteiger partial charge in [0.1, 0.15) is 5.56 Å². The summed E-state index contributed by atoms with van der Waals surface area (Å²) in [6.45, 7) is 0. The second-order valence-electron chi connectivity index (χ2n) is 9.83. The van der Waals surface area contributed by atoms with Gasteiger partial charge in [-0.2, -0.15) is 9.97 Å². The van der Waals surface area contributed by atoms with Gasteiger partial charge in [-0.25, -0.2) is 4.98 Å². The molecule has 0 bridgehead atoms. The van der Waals surface area contributed by atoms with Gasteiger partial charge in [-0.05, 0) is 39.2 Å². The van der Waals surface area contributed by atoms with Crippen molar-refractivity contribution in [1.82, 2.24) is 19.5 Å². The number of phenolic OH excluding ortho intramolecular Hbond substituents is 5. The molecule has 0 unspecified atom stereocenters. The van der Waals surface area contributed by atoms with E-state index in [0.717, 1.165) is 37.4 Å². The Hall–Kier alpha value is -5.61. The highest BCUT2D eigenvalue weighted by Crippen LogP contribution is 2.54. The van der Waals surface area contributed by atoms with Gasteiger partial charge in [0, 0.05) is 20.8 Å². The number of para-hydroxylation sites is 2. The van der Waals surface area contributed by atoms with Gasteiger partial charge in [0.15, 0.2) is 23.1 Å². The lowest BCUT2D eigenvalue weighted by Crippen LogP contribution is -2.07. The van der Waals surface area contributed by atoms with E-state index in [1.165, 1.54) is 0 Å². The smallest absolute Gasteiger partial charge is 0.238 e. The molecular weight excluding hydrogens is 612 g/mol. The normalized spacial score (nSPS) is 11.4. The van der Waals surface area contributed by atoms with Gasteiger partial charge >= 0.3 is 0 Å². The number of phenols is 5. The summed E-state index contributed by atoms with van der Waals surface area (Å²) in [4.78, 5) is 14.0. The molecule has 5 N–H and O–H groups in total. The summed E-state index contributed by atoms with van der Waals surface area (Å²) in [5, 5.41) is 54.0. The van der Waals surface area contributed by atoms with Crippen molar-refractivity contribution >= 4 is 37.7 Å². The van der Waals surface area contributed by atoms with Crippen molar-refractivity contribution in [3.63, 3.8) is 0 Å². The zero-order chi connectivity index (χ0) is 29.8. The molecular formula is C33H21BrN4O5. The Morgan fingerprint density at radius 1 is 0.488 bits per heavy atom. The highest BCUT2D eigenvalue weighted by Gasteiger charge is 2.28. The van der Waals surface area contributed by atoms with Crippen molar-refractivity contribution in [2.45, 2.75) is 0 Å². The second kappa shape index (κ2) is 10.0. The number of nitrogens with zero attached hydrogens (tertiary/aromatic N) is 4. The van der Waals surface area contributed by atoms with E-state index in [9.17, 15) is 25.5 Å². The van der Waals surface area contributed by atoms with Crippen LogP contribution in [0.25, 0.3) is 61.7 Å². The molecule has 0 amide bonds. The van der Waals surface area contributed by atoms with E-state index in [4.69, 9.17) is 4.98 Å². The molecule has 0 aliphatic carbocycles. The van der Waals surface area contributed by atoms with Crippen LogP contribution < -0.4 is 0 Å².